The van der Waals surface area contributed by atoms with Crippen molar-refractivity contribution in [3.8, 4) is 17.2 Å². The Morgan fingerprint density at radius 3 is 2.57 bits per heavy atom. The van der Waals surface area contributed by atoms with Crippen LogP contribution in [0.3, 0.4) is 0 Å². The van der Waals surface area contributed by atoms with Gasteiger partial charge in [0.15, 0.2) is 5.82 Å². The molecule has 4 heterocycles. The number of pyridine rings is 1. The van der Waals surface area contributed by atoms with Crippen molar-refractivity contribution in [2.75, 3.05) is 24.6 Å². The number of nitriles is 1. The summed E-state index contributed by atoms with van der Waals surface area (Å²) in [6, 6.07) is 15.8. The summed E-state index contributed by atoms with van der Waals surface area (Å²) in [5.41, 5.74) is 3.83. The Labute approximate surface area is 266 Å². The molecule has 1 N–H and O–H groups in total. The Bertz CT molecular complexity index is 1680. The van der Waals surface area contributed by atoms with Gasteiger partial charge in [-0.25, -0.2) is 9.97 Å². The number of amides is 1. The van der Waals surface area contributed by atoms with Gasteiger partial charge >= 0.3 is 6.11 Å². The molecule has 1 aliphatic heterocycles. The summed E-state index contributed by atoms with van der Waals surface area (Å²) in [7, 11) is 1.87. The monoisotopic (exact) mass is 626 g/mol. The van der Waals surface area contributed by atoms with Crippen molar-refractivity contribution in [2.45, 2.75) is 50.7 Å². The quantitative estimate of drug-likeness (QED) is 0.275. The number of hydrogen-bond donors (Lipinski definition) is 1. The van der Waals surface area contributed by atoms with Gasteiger partial charge < -0.3 is 15.0 Å². The number of carbonyl (C=O) groups is 1. The van der Waals surface area contributed by atoms with Crippen molar-refractivity contribution < 1.29 is 18.3 Å². The summed E-state index contributed by atoms with van der Waals surface area (Å²) in [5, 5.41) is 17.0. The Kier molecular flexibility index (Phi) is 9.30. The van der Waals surface area contributed by atoms with Crippen molar-refractivity contribution in [1.82, 2.24) is 30.0 Å². The molecule has 2 aliphatic rings. The molecule has 4 aromatic rings. The number of benzene rings is 1. The maximum Gasteiger partial charge on any atom is 0.373 e. The van der Waals surface area contributed by atoms with Gasteiger partial charge in [-0.05, 0) is 49.1 Å². The van der Waals surface area contributed by atoms with E-state index in [9.17, 15) is 18.8 Å². The molecule has 1 saturated heterocycles. The Hall–Kier alpha value is -4.76. The van der Waals surface area contributed by atoms with E-state index < -0.39 is 18.6 Å². The van der Waals surface area contributed by atoms with Gasteiger partial charge in [0, 0.05) is 50.1 Å². The zero-order valence-electron chi connectivity index (χ0n) is 25.6. The predicted molar refractivity (Wildman–Crippen MR) is 166 cm³/mol. The summed E-state index contributed by atoms with van der Waals surface area (Å²) in [6.07, 6.45) is 7.56. The molecule has 1 aliphatic carbocycles. The highest BCUT2D eigenvalue weighted by Gasteiger charge is 2.38. The smallest absolute Gasteiger partial charge is 0.351 e. The minimum absolute atomic E-state index is 0.0451. The SMILES string of the molecule is Cn1cc(-c2ccc(C(C(=O)NCc3ccccc3)C3CCC(Cc4ncc(C#N)c(N5CCOC(F)(F)C5)n4)CC3)nc2)cn1. The Morgan fingerprint density at radius 1 is 1.09 bits per heavy atom. The van der Waals surface area contributed by atoms with Gasteiger partial charge in [-0.3, -0.25) is 14.5 Å². The second-order valence-electron chi connectivity index (χ2n) is 12.1. The van der Waals surface area contributed by atoms with Crippen LogP contribution in [0.4, 0.5) is 14.6 Å². The molecule has 10 nitrogen and oxygen atoms in total. The highest BCUT2D eigenvalue weighted by Crippen LogP contribution is 2.39. The number of hydrogen-bond acceptors (Lipinski definition) is 8. The van der Waals surface area contributed by atoms with Gasteiger partial charge in [-0.2, -0.15) is 19.1 Å². The molecule has 1 saturated carbocycles. The summed E-state index contributed by atoms with van der Waals surface area (Å²) >= 11 is 0. The predicted octanol–water partition coefficient (Wildman–Crippen LogP) is 5.02. The van der Waals surface area contributed by atoms with Gasteiger partial charge in [0.2, 0.25) is 5.91 Å². The second-order valence-corrected chi connectivity index (χ2v) is 12.1. The molecule has 1 unspecified atom stereocenters. The molecule has 238 valence electrons. The van der Waals surface area contributed by atoms with E-state index in [1.807, 2.05) is 61.8 Å². The topological polar surface area (TPSA) is 122 Å². The molecular formula is C34H36F2N8O2. The fourth-order valence-electron chi connectivity index (χ4n) is 6.46. The van der Waals surface area contributed by atoms with Crippen molar-refractivity contribution >= 4 is 11.7 Å². The van der Waals surface area contributed by atoms with Crippen LogP contribution >= 0.6 is 0 Å². The lowest BCUT2D eigenvalue weighted by Gasteiger charge is -2.34. The van der Waals surface area contributed by atoms with Crippen LogP contribution in [0.15, 0.2) is 67.3 Å². The number of alkyl halides is 2. The fraction of sp³-hybridized carbons (Fsp3) is 0.412. The fourth-order valence-corrected chi connectivity index (χ4v) is 6.46. The van der Waals surface area contributed by atoms with E-state index in [4.69, 9.17) is 4.98 Å². The van der Waals surface area contributed by atoms with Crippen LogP contribution in [-0.2, 0) is 29.5 Å². The maximum absolute atomic E-state index is 13.9. The Balaban J connectivity index is 1.15. The van der Waals surface area contributed by atoms with E-state index in [2.05, 4.69) is 25.1 Å². The van der Waals surface area contributed by atoms with Crippen LogP contribution in [0.2, 0.25) is 0 Å². The Morgan fingerprint density at radius 2 is 1.89 bits per heavy atom. The number of morpholine rings is 1. The number of rotatable bonds is 9. The minimum atomic E-state index is -3.30. The number of aromatic nitrogens is 5. The molecule has 46 heavy (non-hydrogen) atoms. The van der Waals surface area contributed by atoms with Crippen LogP contribution in [0.25, 0.3) is 11.1 Å². The van der Waals surface area contributed by atoms with Crippen molar-refractivity contribution in [3.05, 3.63) is 89.9 Å². The molecular weight excluding hydrogens is 590 g/mol. The first-order valence-corrected chi connectivity index (χ1v) is 15.6. The molecule has 12 heteroatoms. The first-order chi connectivity index (χ1) is 22.3. The zero-order chi connectivity index (χ0) is 32.1. The minimum Gasteiger partial charge on any atom is -0.351 e. The largest absolute Gasteiger partial charge is 0.373 e. The number of carbonyl (C=O) groups excluding carboxylic acids is 1. The van der Waals surface area contributed by atoms with Gasteiger partial charge in [0.25, 0.3) is 0 Å². The third-order valence-electron chi connectivity index (χ3n) is 8.86. The van der Waals surface area contributed by atoms with Gasteiger partial charge in [0.1, 0.15) is 24.0 Å². The van der Waals surface area contributed by atoms with E-state index in [1.54, 1.807) is 17.1 Å². The van der Waals surface area contributed by atoms with Crippen LogP contribution in [-0.4, -0.2) is 56.4 Å². The number of anilines is 1. The average molecular weight is 627 g/mol. The zero-order valence-corrected chi connectivity index (χ0v) is 25.6. The van der Waals surface area contributed by atoms with E-state index >= 15 is 0 Å². The number of nitrogens with zero attached hydrogens (tertiary/aromatic N) is 7. The van der Waals surface area contributed by atoms with Crippen molar-refractivity contribution in [1.29, 1.82) is 5.26 Å². The van der Waals surface area contributed by atoms with Crippen molar-refractivity contribution in [2.24, 2.45) is 18.9 Å². The van der Waals surface area contributed by atoms with E-state index in [0.717, 1.165) is 48.1 Å². The molecule has 0 spiro atoms. The summed E-state index contributed by atoms with van der Waals surface area (Å²) in [5.74, 6) is 0.649. The standard InChI is InChI=1S/C34H36F2N8O2/c1-43-21-28(20-41-43)26-11-12-29(38-18-26)31(33(45)40-17-24-5-3-2-4-6-24)25-9-7-23(8-10-25)15-30-39-19-27(16-37)32(42-30)44-13-14-46-34(35,36)22-44/h2-6,11-12,18-21,23,25,31H,7-10,13-15,17,22H2,1H3,(H,40,45). The number of halogens is 2. The number of aryl methyl sites for hydroxylation is 1. The van der Waals surface area contributed by atoms with Crippen LogP contribution in [0.5, 0.6) is 0 Å². The molecule has 1 aromatic carbocycles. The van der Waals surface area contributed by atoms with E-state index in [-0.39, 0.29) is 42.3 Å². The normalized spacial score (nSPS) is 20.1. The molecule has 6 rings (SSSR count). The van der Waals surface area contributed by atoms with Gasteiger partial charge in [0.05, 0.1) is 30.6 Å². The first-order valence-electron chi connectivity index (χ1n) is 15.6. The number of nitrogens with one attached hydrogen (secondary N) is 1. The van der Waals surface area contributed by atoms with Gasteiger partial charge in [-0.15, -0.1) is 0 Å². The lowest BCUT2D eigenvalue weighted by molar-refractivity contribution is -0.240. The highest BCUT2D eigenvalue weighted by atomic mass is 19.3. The van der Waals surface area contributed by atoms with Crippen molar-refractivity contribution in [3.63, 3.8) is 0 Å². The average Bonchev–Trinajstić information content (AvgIpc) is 3.51. The van der Waals surface area contributed by atoms with Crippen LogP contribution < -0.4 is 10.2 Å². The third kappa shape index (κ3) is 7.37. The second kappa shape index (κ2) is 13.7. The molecule has 1 atom stereocenters. The van der Waals surface area contributed by atoms with Crippen LogP contribution in [0, 0.1) is 23.2 Å². The molecule has 1 amide bonds. The number of ether oxygens (including phenoxy) is 1. The summed E-state index contributed by atoms with van der Waals surface area (Å²) in [4.78, 5) is 28.9. The first kappa shape index (κ1) is 31.2. The highest BCUT2D eigenvalue weighted by molar-refractivity contribution is 5.83. The van der Waals surface area contributed by atoms with Gasteiger partial charge in [-0.1, -0.05) is 36.4 Å². The lowest BCUT2D eigenvalue weighted by atomic mass is 9.73. The van der Waals surface area contributed by atoms with E-state index in [0.29, 0.717) is 18.8 Å². The third-order valence-corrected chi connectivity index (χ3v) is 8.86. The van der Waals surface area contributed by atoms with Crippen LogP contribution in [0.1, 0.15) is 54.2 Å². The molecule has 0 radical (unpaired) electrons. The lowest BCUT2D eigenvalue weighted by Crippen LogP contribution is -2.47. The maximum atomic E-state index is 13.9. The molecule has 0 bridgehead atoms. The summed E-state index contributed by atoms with van der Waals surface area (Å²) in [6.45, 7) is -0.153. The summed E-state index contributed by atoms with van der Waals surface area (Å²) < 4.78 is 34.2. The van der Waals surface area contributed by atoms with E-state index in [1.165, 1.54) is 11.1 Å². The molecule has 2 fully saturated rings. The molecule has 3 aromatic heterocycles.